The van der Waals surface area contributed by atoms with E-state index >= 15 is 0 Å². The Morgan fingerprint density at radius 3 is 2.73 bits per heavy atom. The van der Waals surface area contributed by atoms with E-state index in [1.807, 2.05) is 18.2 Å². The van der Waals surface area contributed by atoms with E-state index in [0.29, 0.717) is 0 Å². The highest BCUT2D eigenvalue weighted by atomic mass is 35.5. The monoisotopic (exact) mass is 366 g/mol. The number of aryl methyl sites for hydroxylation is 3. The number of para-hydroxylation sites is 2. The van der Waals surface area contributed by atoms with Crippen LogP contribution in [0.3, 0.4) is 0 Å². The second-order valence-electron chi connectivity index (χ2n) is 6.80. The van der Waals surface area contributed by atoms with E-state index in [2.05, 4.69) is 41.7 Å². The van der Waals surface area contributed by atoms with Crippen molar-refractivity contribution in [3.05, 3.63) is 52.5 Å². The van der Waals surface area contributed by atoms with Gasteiger partial charge in [-0.15, -0.1) is 0 Å². The fraction of sp³-hybridized carbons (Fsp3) is 0.286. The van der Waals surface area contributed by atoms with Crippen molar-refractivity contribution in [1.82, 2.24) is 14.5 Å². The van der Waals surface area contributed by atoms with Gasteiger partial charge in [0, 0.05) is 17.5 Å². The second-order valence-corrected chi connectivity index (χ2v) is 7.21. The van der Waals surface area contributed by atoms with Crippen LogP contribution in [0.1, 0.15) is 24.0 Å². The predicted octanol–water partition coefficient (Wildman–Crippen LogP) is 4.96. The van der Waals surface area contributed by atoms with Crippen molar-refractivity contribution in [2.75, 3.05) is 6.54 Å². The second kappa shape index (κ2) is 6.78. The molecule has 134 valence electrons. The number of nitrogens with one attached hydrogen (secondary N) is 1. The van der Waals surface area contributed by atoms with Gasteiger partial charge in [0.25, 0.3) is 0 Å². The zero-order valence-electron chi connectivity index (χ0n) is 15.1. The summed E-state index contributed by atoms with van der Waals surface area (Å²) in [6.45, 7) is 2.78. The maximum atomic E-state index is 6.36. The fourth-order valence-electron chi connectivity index (χ4n) is 3.70. The fourth-order valence-corrected chi connectivity index (χ4v) is 3.86. The quantitative estimate of drug-likeness (QED) is 0.490. The lowest BCUT2D eigenvalue weighted by Crippen LogP contribution is -2.00. The third-order valence-electron chi connectivity index (χ3n) is 5.17. The summed E-state index contributed by atoms with van der Waals surface area (Å²) >= 11 is 6.36. The molecule has 2 aromatic carbocycles. The molecule has 0 bridgehead atoms. The van der Waals surface area contributed by atoms with Gasteiger partial charge in [-0.2, -0.15) is 0 Å². The standard InChI is InChI=1S/C21H23ClN4/c1-13-16(22)11-10-15-14(7-5-6-12-23)20(25-19(13)15)21-24-17-8-3-4-9-18(17)26(21)2/h3-4,8-11,25H,5-7,12,23H2,1-2H3. The summed E-state index contributed by atoms with van der Waals surface area (Å²) in [4.78, 5) is 8.51. The van der Waals surface area contributed by atoms with E-state index in [0.717, 1.165) is 64.5 Å². The molecule has 0 aliphatic rings. The molecule has 3 N–H and O–H groups in total. The molecule has 0 unspecified atom stereocenters. The van der Waals surface area contributed by atoms with Gasteiger partial charge in [-0.05, 0) is 62.1 Å². The topological polar surface area (TPSA) is 59.6 Å². The number of H-pyrrole nitrogens is 1. The lowest BCUT2D eigenvalue weighted by atomic mass is 10.0. The number of hydrogen-bond acceptors (Lipinski definition) is 2. The maximum Gasteiger partial charge on any atom is 0.157 e. The highest BCUT2D eigenvalue weighted by Crippen LogP contribution is 2.35. The number of nitrogens with two attached hydrogens (primary N) is 1. The lowest BCUT2D eigenvalue weighted by molar-refractivity contribution is 0.747. The first-order valence-corrected chi connectivity index (χ1v) is 9.41. The van der Waals surface area contributed by atoms with Gasteiger partial charge in [-0.3, -0.25) is 0 Å². The molecule has 0 amide bonds. The Morgan fingerprint density at radius 1 is 1.15 bits per heavy atom. The molecular weight excluding hydrogens is 344 g/mol. The zero-order valence-corrected chi connectivity index (χ0v) is 15.9. The molecule has 4 nitrogen and oxygen atoms in total. The van der Waals surface area contributed by atoms with Gasteiger partial charge in [0.15, 0.2) is 5.82 Å². The summed E-state index contributed by atoms with van der Waals surface area (Å²) in [5, 5.41) is 2.01. The number of halogens is 1. The number of hydrogen-bond donors (Lipinski definition) is 2. The molecule has 0 aliphatic carbocycles. The van der Waals surface area contributed by atoms with Crippen LogP contribution in [0, 0.1) is 6.92 Å². The van der Waals surface area contributed by atoms with Crippen LogP contribution >= 0.6 is 11.6 Å². The molecular formula is C21H23ClN4. The number of aromatic amines is 1. The molecule has 4 rings (SSSR count). The highest BCUT2D eigenvalue weighted by Gasteiger charge is 2.19. The average Bonchev–Trinajstić information content (AvgIpc) is 3.17. The Hall–Kier alpha value is -2.30. The predicted molar refractivity (Wildman–Crippen MR) is 110 cm³/mol. The zero-order chi connectivity index (χ0) is 18.3. The third kappa shape index (κ3) is 2.70. The summed E-state index contributed by atoms with van der Waals surface area (Å²) in [5.74, 6) is 0.959. The van der Waals surface area contributed by atoms with Gasteiger partial charge in [0.1, 0.15) is 0 Å². The van der Waals surface area contributed by atoms with Crippen LogP contribution in [0.4, 0.5) is 0 Å². The van der Waals surface area contributed by atoms with E-state index < -0.39 is 0 Å². The number of aromatic nitrogens is 3. The number of benzene rings is 2. The van der Waals surface area contributed by atoms with Crippen LogP contribution in [0.5, 0.6) is 0 Å². The normalized spacial score (nSPS) is 11.7. The van der Waals surface area contributed by atoms with Gasteiger partial charge in [-0.1, -0.05) is 29.8 Å². The Bertz CT molecular complexity index is 1090. The van der Waals surface area contributed by atoms with E-state index in [-0.39, 0.29) is 0 Å². The third-order valence-corrected chi connectivity index (χ3v) is 5.58. The van der Waals surface area contributed by atoms with E-state index in [1.54, 1.807) is 0 Å². The van der Waals surface area contributed by atoms with Crippen molar-refractivity contribution in [2.24, 2.45) is 12.8 Å². The van der Waals surface area contributed by atoms with Crippen molar-refractivity contribution in [3.8, 4) is 11.5 Å². The van der Waals surface area contributed by atoms with Crippen LogP contribution < -0.4 is 5.73 Å². The van der Waals surface area contributed by atoms with Gasteiger partial charge in [0.2, 0.25) is 0 Å². The molecule has 0 saturated carbocycles. The van der Waals surface area contributed by atoms with Crippen molar-refractivity contribution < 1.29 is 0 Å². The first-order chi connectivity index (χ1) is 12.6. The Labute approximate surface area is 158 Å². The number of imidazole rings is 1. The number of nitrogens with zero attached hydrogens (tertiary/aromatic N) is 2. The molecule has 0 fully saturated rings. The molecule has 2 heterocycles. The van der Waals surface area contributed by atoms with Crippen molar-refractivity contribution in [3.63, 3.8) is 0 Å². The first kappa shape index (κ1) is 17.1. The van der Waals surface area contributed by atoms with E-state index in [1.165, 1.54) is 10.9 Å². The van der Waals surface area contributed by atoms with Crippen molar-refractivity contribution >= 4 is 33.5 Å². The van der Waals surface area contributed by atoms with Crippen LogP contribution in [-0.4, -0.2) is 21.1 Å². The van der Waals surface area contributed by atoms with Crippen molar-refractivity contribution in [1.29, 1.82) is 0 Å². The van der Waals surface area contributed by atoms with Crippen LogP contribution in [0.25, 0.3) is 33.5 Å². The number of unbranched alkanes of at least 4 members (excludes halogenated alkanes) is 1. The summed E-state index contributed by atoms with van der Waals surface area (Å²) in [6.07, 6.45) is 3.04. The van der Waals surface area contributed by atoms with Crippen LogP contribution in [-0.2, 0) is 13.5 Å². The van der Waals surface area contributed by atoms with E-state index in [9.17, 15) is 0 Å². The Balaban J connectivity index is 1.96. The molecule has 0 radical (unpaired) electrons. The molecule has 0 aliphatic heterocycles. The Morgan fingerprint density at radius 2 is 1.96 bits per heavy atom. The van der Waals surface area contributed by atoms with Crippen molar-refractivity contribution in [2.45, 2.75) is 26.2 Å². The van der Waals surface area contributed by atoms with Gasteiger partial charge < -0.3 is 15.3 Å². The maximum absolute atomic E-state index is 6.36. The summed E-state index contributed by atoms with van der Waals surface area (Å²) in [7, 11) is 2.07. The highest BCUT2D eigenvalue weighted by molar-refractivity contribution is 6.32. The lowest BCUT2D eigenvalue weighted by Gasteiger charge is -2.06. The summed E-state index contributed by atoms with van der Waals surface area (Å²) in [5.41, 5.74) is 12.4. The summed E-state index contributed by atoms with van der Waals surface area (Å²) < 4.78 is 2.16. The average molecular weight is 367 g/mol. The molecule has 2 aromatic heterocycles. The summed E-state index contributed by atoms with van der Waals surface area (Å²) in [6, 6.07) is 12.3. The van der Waals surface area contributed by atoms with Gasteiger partial charge >= 0.3 is 0 Å². The van der Waals surface area contributed by atoms with Crippen LogP contribution in [0.15, 0.2) is 36.4 Å². The van der Waals surface area contributed by atoms with E-state index in [4.69, 9.17) is 22.3 Å². The molecule has 4 aromatic rings. The smallest absolute Gasteiger partial charge is 0.157 e. The Kier molecular flexibility index (Phi) is 4.47. The number of rotatable bonds is 5. The molecule has 26 heavy (non-hydrogen) atoms. The minimum absolute atomic E-state index is 0.717. The molecule has 0 spiro atoms. The molecule has 5 heteroatoms. The SMILES string of the molecule is Cc1c(Cl)ccc2c(CCCCN)c(-c3nc4ccccc4n3C)[nH]c12. The molecule has 0 atom stereocenters. The van der Waals surface area contributed by atoms with Crippen LogP contribution in [0.2, 0.25) is 5.02 Å². The molecule has 0 saturated heterocycles. The minimum Gasteiger partial charge on any atom is -0.351 e. The number of fused-ring (bicyclic) bond motifs is 2. The van der Waals surface area contributed by atoms with Gasteiger partial charge in [-0.25, -0.2) is 4.98 Å². The first-order valence-electron chi connectivity index (χ1n) is 9.03. The minimum atomic E-state index is 0.717. The largest absolute Gasteiger partial charge is 0.351 e. The van der Waals surface area contributed by atoms with Gasteiger partial charge in [0.05, 0.1) is 22.2 Å².